The number of hydrogen-bond donors (Lipinski definition) is 2. The minimum atomic E-state index is -0.110. The van der Waals surface area contributed by atoms with Crippen LogP contribution in [0.4, 0.5) is 0 Å². The molecule has 0 atom stereocenters. The zero-order valence-corrected chi connectivity index (χ0v) is 11.9. The highest BCUT2D eigenvalue weighted by atomic mass is 16.3. The molecule has 1 heterocycles. The third-order valence-corrected chi connectivity index (χ3v) is 3.78. The van der Waals surface area contributed by atoms with E-state index in [1.165, 1.54) is 0 Å². The van der Waals surface area contributed by atoms with E-state index in [1.54, 1.807) is 17.0 Å². The van der Waals surface area contributed by atoms with Crippen molar-refractivity contribution in [1.82, 2.24) is 9.80 Å². The highest BCUT2D eigenvalue weighted by Gasteiger charge is 2.23. The van der Waals surface area contributed by atoms with Crippen LogP contribution in [0, 0.1) is 0 Å². The lowest BCUT2D eigenvalue weighted by Crippen LogP contribution is -2.49. The van der Waals surface area contributed by atoms with Gasteiger partial charge in [0.1, 0.15) is 5.75 Å². The number of β-amino-alcohol motifs (C(OH)–C–C–N with tert-alkyl or cyclic N) is 1. The van der Waals surface area contributed by atoms with E-state index in [9.17, 15) is 9.90 Å². The number of hydrogen-bond acceptors (Lipinski definition) is 4. The maximum absolute atomic E-state index is 12.5. The van der Waals surface area contributed by atoms with Gasteiger partial charge >= 0.3 is 0 Å². The van der Waals surface area contributed by atoms with Crippen LogP contribution in [0.5, 0.6) is 5.75 Å². The Balaban J connectivity index is 2.05. The van der Waals surface area contributed by atoms with E-state index in [-0.39, 0.29) is 18.3 Å². The van der Waals surface area contributed by atoms with Crippen molar-refractivity contribution < 1.29 is 15.0 Å². The van der Waals surface area contributed by atoms with Crippen molar-refractivity contribution in [2.24, 2.45) is 0 Å². The van der Waals surface area contributed by atoms with Gasteiger partial charge in [-0.2, -0.15) is 0 Å². The third kappa shape index (κ3) is 3.29. The fourth-order valence-electron chi connectivity index (χ4n) is 2.46. The zero-order chi connectivity index (χ0) is 14.5. The van der Waals surface area contributed by atoms with E-state index >= 15 is 0 Å². The van der Waals surface area contributed by atoms with Crippen LogP contribution in [0.15, 0.2) is 18.2 Å². The van der Waals surface area contributed by atoms with Gasteiger partial charge in [0, 0.05) is 32.7 Å². The van der Waals surface area contributed by atoms with E-state index < -0.39 is 0 Å². The van der Waals surface area contributed by atoms with Crippen molar-refractivity contribution in [1.29, 1.82) is 0 Å². The molecular formula is C15H22N2O3. The smallest absolute Gasteiger partial charge is 0.257 e. The summed E-state index contributed by atoms with van der Waals surface area (Å²) in [5, 5.41) is 18.8. The molecular weight excluding hydrogens is 256 g/mol. The van der Waals surface area contributed by atoms with Crippen LogP contribution in [0.25, 0.3) is 0 Å². The summed E-state index contributed by atoms with van der Waals surface area (Å²) in [4.78, 5) is 16.3. The number of carbonyl (C=O) groups excluding carboxylic acids is 1. The van der Waals surface area contributed by atoms with E-state index in [4.69, 9.17) is 5.11 Å². The van der Waals surface area contributed by atoms with Crippen molar-refractivity contribution in [2.75, 3.05) is 39.3 Å². The molecule has 1 aromatic carbocycles. The molecule has 0 aliphatic carbocycles. The van der Waals surface area contributed by atoms with Gasteiger partial charge in [0.25, 0.3) is 5.91 Å². The summed E-state index contributed by atoms with van der Waals surface area (Å²) >= 11 is 0. The number of aliphatic hydroxyl groups excluding tert-OH is 1. The maximum Gasteiger partial charge on any atom is 0.257 e. The normalized spacial score (nSPS) is 16.4. The summed E-state index contributed by atoms with van der Waals surface area (Å²) in [6.07, 6.45) is 0.838. The summed E-state index contributed by atoms with van der Waals surface area (Å²) in [6.45, 7) is 5.62. The highest BCUT2D eigenvalue weighted by Crippen LogP contribution is 2.21. The minimum Gasteiger partial charge on any atom is -0.507 e. The molecule has 20 heavy (non-hydrogen) atoms. The molecule has 0 spiro atoms. The average molecular weight is 278 g/mol. The molecule has 1 aliphatic rings. The Morgan fingerprint density at radius 2 is 1.95 bits per heavy atom. The summed E-state index contributed by atoms with van der Waals surface area (Å²) < 4.78 is 0. The summed E-state index contributed by atoms with van der Waals surface area (Å²) in [6, 6.07) is 5.21. The topological polar surface area (TPSA) is 64.0 Å². The van der Waals surface area contributed by atoms with Gasteiger partial charge in [-0.05, 0) is 24.1 Å². The molecule has 5 nitrogen and oxygen atoms in total. The molecule has 2 rings (SSSR count). The first-order chi connectivity index (χ1) is 9.65. The molecule has 5 heteroatoms. The van der Waals surface area contributed by atoms with Gasteiger partial charge in [0.05, 0.1) is 12.2 Å². The van der Waals surface area contributed by atoms with Crippen LogP contribution in [0.2, 0.25) is 0 Å². The lowest BCUT2D eigenvalue weighted by molar-refractivity contribution is 0.0612. The lowest BCUT2D eigenvalue weighted by Gasteiger charge is -2.34. The molecule has 0 saturated carbocycles. The van der Waals surface area contributed by atoms with E-state index in [0.29, 0.717) is 25.2 Å². The molecule has 1 amide bonds. The molecule has 0 bridgehead atoms. The number of carbonyl (C=O) groups is 1. The van der Waals surface area contributed by atoms with Crippen molar-refractivity contribution >= 4 is 5.91 Å². The Bertz CT molecular complexity index is 468. The Morgan fingerprint density at radius 3 is 2.55 bits per heavy atom. The van der Waals surface area contributed by atoms with Crippen LogP contribution < -0.4 is 0 Å². The molecule has 1 aliphatic heterocycles. The van der Waals surface area contributed by atoms with E-state index in [2.05, 4.69) is 4.90 Å². The minimum absolute atomic E-state index is 0.0463. The molecule has 1 saturated heterocycles. The SMILES string of the molecule is CCc1ccc(O)c(C(=O)N2CCN(CCO)CC2)c1. The molecule has 110 valence electrons. The molecule has 0 radical (unpaired) electrons. The van der Waals surface area contributed by atoms with Gasteiger partial charge < -0.3 is 15.1 Å². The number of aryl methyl sites for hydroxylation is 1. The fourth-order valence-corrected chi connectivity index (χ4v) is 2.46. The van der Waals surface area contributed by atoms with Gasteiger partial charge in [-0.25, -0.2) is 0 Å². The maximum atomic E-state index is 12.5. The predicted octanol–water partition coefficient (Wildman–Crippen LogP) is 0.705. The number of phenols is 1. The predicted molar refractivity (Wildman–Crippen MR) is 76.9 cm³/mol. The van der Waals surface area contributed by atoms with E-state index in [0.717, 1.165) is 25.1 Å². The van der Waals surface area contributed by atoms with Crippen LogP contribution in [-0.2, 0) is 6.42 Å². The number of amides is 1. The highest BCUT2D eigenvalue weighted by molar-refractivity contribution is 5.97. The van der Waals surface area contributed by atoms with Crippen LogP contribution in [0.3, 0.4) is 0 Å². The number of phenolic OH excluding ortho intramolecular Hbond substituents is 1. The number of aliphatic hydroxyl groups is 1. The number of piperazine rings is 1. The Hall–Kier alpha value is -1.59. The summed E-state index contributed by atoms with van der Waals surface area (Å²) in [5.74, 6) is -0.0635. The van der Waals surface area contributed by atoms with Crippen molar-refractivity contribution in [3.05, 3.63) is 29.3 Å². The Kier molecular flexibility index (Phi) is 4.98. The second-order valence-electron chi connectivity index (χ2n) is 5.06. The van der Waals surface area contributed by atoms with Crippen molar-refractivity contribution in [3.63, 3.8) is 0 Å². The molecule has 1 aromatic rings. The van der Waals surface area contributed by atoms with Gasteiger partial charge in [-0.3, -0.25) is 9.69 Å². The fraction of sp³-hybridized carbons (Fsp3) is 0.533. The lowest BCUT2D eigenvalue weighted by atomic mass is 10.1. The monoisotopic (exact) mass is 278 g/mol. The molecule has 0 unspecified atom stereocenters. The number of benzene rings is 1. The van der Waals surface area contributed by atoms with Gasteiger partial charge in [0.2, 0.25) is 0 Å². The quantitative estimate of drug-likeness (QED) is 0.851. The van der Waals surface area contributed by atoms with Crippen LogP contribution in [-0.4, -0.2) is 65.3 Å². The van der Waals surface area contributed by atoms with Crippen LogP contribution in [0.1, 0.15) is 22.8 Å². The summed E-state index contributed by atoms with van der Waals surface area (Å²) in [7, 11) is 0. The first kappa shape index (κ1) is 14.8. The number of aromatic hydroxyl groups is 1. The average Bonchev–Trinajstić information content (AvgIpc) is 2.48. The van der Waals surface area contributed by atoms with Gasteiger partial charge in [-0.1, -0.05) is 13.0 Å². The number of nitrogens with zero attached hydrogens (tertiary/aromatic N) is 2. The molecule has 1 fully saturated rings. The largest absolute Gasteiger partial charge is 0.507 e. The van der Waals surface area contributed by atoms with Gasteiger partial charge in [-0.15, -0.1) is 0 Å². The Morgan fingerprint density at radius 1 is 1.25 bits per heavy atom. The second kappa shape index (κ2) is 6.72. The zero-order valence-electron chi connectivity index (χ0n) is 11.9. The van der Waals surface area contributed by atoms with Crippen molar-refractivity contribution in [2.45, 2.75) is 13.3 Å². The Labute approximate surface area is 119 Å². The molecule has 2 N–H and O–H groups in total. The molecule has 0 aromatic heterocycles. The summed E-state index contributed by atoms with van der Waals surface area (Å²) in [5.41, 5.74) is 1.44. The van der Waals surface area contributed by atoms with Gasteiger partial charge in [0.15, 0.2) is 0 Å². The second-order valence-corrected chi connectivity index (χ2v) is 5.06. The third-order valence-electron chi connectivity index (χ3n) is 3.78. The standard InChI is InChI=1S/C15H22N2O3/c1-2-12-3-4-14(19)13(11-12)15(20)17-7-5-16(6-8-17)9-10-18/h3-4,11,18-19H,2,5-10H2,1H3. The first-order valence-corrected chi connectivity index (χ1v) is 7.10. The first-order valence-electron chi connectivity index (χ1n) is 7.10. The van der Waals surface area contributed by atoms with Crippen LogP contribution >= 0.6 is 0 Å². The van der Waals surface area contributed by atoms with E-state index in [1.807, 2.05) is 13.0 Å². The van der Waals surface area contributed by atoms with Crippen molar-refractivity contribution in [3.8, 4) is 5.75 Å². The number of rotatable bonds is 4.